The molecule has 0 radical (unpaired) electrons. The topological polar surface area (TPSA) is 80.3 Å². The van der Waals surface area contributed by atoms with Crippen LogP contribution in [0.25, 0.3) is 11.0 Å². The number of aryl methyl sites for hydroxylation is 1. The molecule has 0 aliphatic carbocycles. The quantitative estimate of drug-likeness (QED) is 0.702. The summed E-state index contributed by atoms with van der Waals surface area (Å²) in [5, 5.41) is 13.4. The number of aromatic nitrogens is 4. The maximum absolute atomic E-state index is 12.4. The van der Waals surface area contributed by atoms with Crippen molar-refractivity contribution in [2.24, 2.45) is 7.05 Å². The van der Waals surface area contributed by atoms with Gasteiger partial charge in [-0.15, -0.1) is 5.10 Å². The summed E-state index contributed by atoms with van der Waals surface area (Å²) < 4.78 is 6.85. The van der Waals surface area contributed by atoms with Gasteiger partial charge in [0, 0.05) is 44.1 Å². The molecular formula is C16H17ClN6O2. The fraction of sp³-hybridized carbons (Fsp3) is 0.375. The Hall–Kier alpha value is -2.45. The number of hydrogen-bond donors (Lipinski definition) is 0. The van der Waals surface area contributed by atoms with E-state index in [1.165, 1.54) is 4.68 Å². The van der Waals surface area contributed by atoms with E-state index in [1.54, 1.807) is 31.3 Å². The van der Waals surface area contributed by atoms with Crippen LogP contribution in [0.5, 0.6) is 0 Å². The van der Waals surface area contributed by atoms with Crippen molar-refractivity contribution >= 4 is 28.5 Å². The number of carbonyl (C=O) groups excluding carboxylic acids is 1. The van der Waals surface area contributed by atoms with Crippen LogP contribution in [0.1, 0.15) is 16.2 Å². The Bertz CT molecular complexity index is 930. The van der Waals surface area contributed by atoms with E-state index < -0.39 is 0 Å². The standard InChI is InChI=1S/C16H17ClN6O2/c1-21-8-14(18-20-21)16(24)22(2)11-6-23(7-11)9-13-12-5-10(17)3-4-15(12)25-19-13/h3-5,8,11H,6-7,9H2,1-2H3. The molecule has 9 heteroatoms. The smallest absolute Gasteiger partial charge is 0.276 e. The van der Waals surface area contributed by atoms with Crippen LogP contribution in [0.15, 0.2) is 28.9 Å². The van der Waals surface area contributed by atoms with Crippen molar-refractivity contribution in [2.75, 3.05) is 20.1 Å². The lowest BCUT2D eigenvalue weighted by atomic mass is 10.1. The van der Waals surface area contributed by atoms with Gasteiger partial charge in [0.05, 0.1) is 12.2 Å². The molecule has 0 spiro atoms. The van der Waals surface area contributed by atoms with Crippen molar-refractivity contribution in [3.63, 3.8) is 0 Å². The van der Waals surface area contributed by atoms with Crippen LogP contribution < -0.4 is 0 Å². The van der Waals surface area contributed by atoms with Gasteiger partial charge >= 0.3 is 0 Å². The fourth-order valence-corrected chi connectivity index (χ4v) is 3.17. The Morgan fingerprint density at radius 2 is 2.24 bits per heavy atom. The molecule has 0 N–H and O–H groups in total. The van der Waals surface area contributed by atoms with Crippen LogP contribution in [0, 0.1) is 0 Å². The van der Waals surface area contributed by atoms with Crippen LogP contribution in [0.3, 0.4) is 0 Å². The lowest BCUT2D eigenvalue weighted by Crippen LogP contribution is -2.59. The number of likely N-dealkylation sites (N-methyl/N-ethyl adjacent to an activating group) is 1. The Balaban J connectivity index is 1.38. The molecule has 1 aliphatic rings. The first-order chi connectivity index (χ1) is 12.0. The van der Waals surface area contributed by atoms with E-state index in [9.17, 15) is 4.79 Å². The molecule has 0 saturated carbocycles. The molecule has 1 fully saturated rings. The Morgan fingerprint density at radius 1 is 1.44 bits per heavy atom. The number of carbonyl (C=O) groups is 1. The van der Waals surface area contributed by atoms with Gasteiger partial charge in [0.15, 0.2) is 11.3 Å². The summed E-state index contributed by atoms with van der Waals surface area (Å²) >= 11 is 6.05. The second kappa shape index (κ2) is 6.12. The summed E-state index contributed by atoms with van der Waals surface area (Å²) in [6.45, 7) is 2.21. The normalized spacial score (nSPS) is 15.5. The molecule has 0 atom stereocenters. The molecule has 1 aromatic carbocycles. The van der Waals surface area contributed by atoms with E-state index >= 15 is 0 Å². The van der Waals surface area contributed by atoms with E-state index in [0.29, 0.717) is 17.3 Å². The van der Waals surface area contributed by atoms with Crippen LogP contribution >= 0.6 is 11.6 Å². The molecular weight excluding hydrogens is 344 g/mol. The Labute approximate surface area is 148 Å². The number of halogens is 1. The van der Waals surface area contributed by atoms with Crippen LogP contribution in [-0.4, -0.2) is 62.0 Å². The SMILES string of the molecule is CN(C(=O)c1cn(C)nn1)C1CN(Cc2noc3ccc(Cl)cc23)C1. The van der Waals surface area contributed by atoms with Gasteiger partial charge in [0.25, 0.3) is 5.91 Å². The highest BCUT2D eigenvalue weighted by molar-refractivity contribution is 6.31. The van der Waals surface area contributed by atoms with Gasteiger partial charge in [-0.3, -0.25) is 14.4 Å². The third kappa shape index (κ3) is 2.98. The molecule has 1 amide bonds. The van der Waals surface area contributed by atoms with E-state index in [1.807, 2.05) is 12.1 Å². The number of nitrogens with zero attached hydrogens (tertiary/aromatic N) is 6. The molecule has 0 bridgehead atoms. The van der Waals surface area contributed by atoms with Crippen molar-refractivity contribution in [1.82, 2.24) is 30.0 Å². The predicted octanol–water partition coefficient (Wildman–Crippen LogP) is 1.57. The summed E-state index contributed by atoms with van der Waals surface area (Å²) in [6.07, 6.45) is 1.63. The van der Waals surface area contributed by atoms with Gasteiger partial charge in [-0.2, -0.15) is 0 Å². The number of hydrogen-bond acceptors (Lipinski definition) is 6. The zero-order chi connectivity index (χ0) is 17.6. The van der Waals surface area contributed by atoms with Crippen LogP contribution in [0.4, 0.5) is 0 Å². The molecule has 4 rings (SSSR count). The summed E-state index contributed by atoms with van der Waals surface area (Å²) in [4.78, 5) is 16.3. The van der Waals surface area contributed by atoms with E-state index in [0.717, 1.165) is 29.8 Å². The predicted molar refractivity (Wildman–Crippen MR) is 91.2 cm³/mol. The maximum atomic E-state index is 12.4. The molecule has 8 nitrogen and oxygen atoms in total. The summed E-state index contributed by atoms with van der Waals surface area (Å²) in [5.41, 5.74) is 1.95. The Morgan fingerprint density at radius 3 is 2.96 bits per heavy atom. The first-order valence-electron chi connectivity index (χ1n) is 7.91. The third-order valence-electron chi connectivity index (χ3n) is 4.51. The van der Waals surface area contributed by atoms with Crippen molar-refractivity contribution in [3.8, 4) is 0 Å². The number of benzene rings is 1. The van der Waals surface area contributed by atoms with Crippen LogP contribution in [0.2, 0.25) is 5.02 Å². The second-order valence-corrected chi connectivity index (χ2v) is 6.75. The highest BCUT2D eigenvalue weighted by Gasteiger charge is 2.34. The van der Waals surface area contributed by atoms with Gasteiger partial charge in [-0.05, 0) is 18.2 Å². The van der Waals surface area contributed by atoms with Gasteiger partial charge in [-0.1, -0.05) is 22.0 Å². The number of rotatable bonds is 4. The highest BCUT2D eigenvalue weighted by Crippen LogP contribution is 2.25. The minimum atomic E-state index is -0.114. The summed E-state index contributed by atoms with van der Waals surface area (Å²) in [7, 11) is 3.54. The van der Waals surface area contributed by atoms with Crippen molar-refractivity contribution < 1.29 is 9.32 Å². The van der Waals surface area contributed by atoms with Crippen molar-refractivity contribution in [2.45, 2.75) is 12.6 Å². The number of fused-ring (bicyclic) bond motifs is 1. The third-order valence-corrected chi connectivity index (χ3v) is 4.74. The zero-order valence-electron chi connectivity index (χ0n) is 13.9. The van der Waals surface area contributed by atoms with Gasteiger partial charge in [-0.25, -0.2) is 0 Å². The van der Waals surface area contributed by atoms with E-state index in [-0.39, 0.29) is 11.9 Å². The molecule has 3 aromatic rings. The van der Waals surface area contributed by atoms with Crippen LogP contribution in [-0.2, 0) is 13.6 Å². The molecule has 25 heavy (non-hydrogen) atoms. The van der Waals surface area contributed by atoms with Crippen molar-refractivity contribution in [3.05, 3.63) is 40.8 Å². The lowest BCUT2D eigenvalue weighted by Gasteiger charge is -2.43. The lowest BCUT2D eigenvalue weighted by molar-refractivity contribution is 0.0323. The van der Waals surface area contributed by atoms with Gasteiger partial charge in [0.2, 0.25) is 0 Å². The zero-order valence-corrected chi connectivity index (χ0v) is 14.6. The maximum Gasteiger partial charge on any atom is 0.276 e. The first kappa shape index (κ1) is 16.0. The minimum absolute atomic E-state index is 0.114. The number of likely N-dealkylation sites (tertiary alicyclic amines) is 1. The molecule has 3 heterocycles. The molecule has 0 unspecified atom stereocenters. The summed E-state index contributed by atoms with van der Waals surface area (Å²) in [5.74, 6) is -0.114. The average molecular weight is 361 g/mol. The van der Waals surface area contributed by atoms with E-state index in [2.05, 4.69) is 20.4 Å². The highest BCUT2D eigenvalue weighted by atomic mass is 35.5. The van der Waals surface area contributed by atoms with Crippen molar-refractivity contribution in [1.29, 1.82) is 0 Å². The van der Waals surface area contributed by atoms with Gasteiger partial charge in [0.1, 0.15) is 5.69 Å². The first-order valence-corrected chi connectivity index (χ1v) is 8.28. The molecule has 1 aliphatic heterocycles. The van der Waals surface area contributed by atoms with E-state index in [4.69, 9.17) is 16.1 Å². The molecule has 1 saturated heterocycles. The van der Waals surface area contributed by atoms with Gasteiger partial charge < -0.3 is 9.42 Å². The molecule has 130 valence electrons. The number of amides is 1. The Kier molecular flexibility index (Phi) is 3.93. The largest absolute Gasteiger partial charge is 0.356 e. The fourth-order valence-electron chi connectivity index (χ4n) is 3.00. The minimum Gasteiger partial charge on any atom is -0.356 e. The monoisotopic (exact) mass is 360 g/mol. The second-order valence-electron chi connectivity index (χ2n) is 6.31. The summed E-state index contributed by atoms with van der Waals surface area (Å²) in [6, 6.07) is 5.62. The molecule has 2 aromatic heterocycles. The average Bonchev–Trinajstić information content (AvgIpc) is 3.15.